The average Bonchev–Trinajstić information content (AvgIpc) is 3.49. The number of hydrogen-bond acceptors (Lipinski definition) is 8. The summed E-state index contributed by atoms with van der Waals surface area (Å²) in [6.45, 7) is 3.74. The Morgan fingerprint density at radius 1 is 1.18 bits per heavy atom. The smallest absolute Gasteiger partial charge is 0.243 e. The van der Waals surface area contributed by atoms with E-state index in [9.17, 15) is 13.7 Å². The predicted octanol–water partition coefficient (Wildman–Crippen LogP) is 3.97. The summed E-state index contributed by atoms with van der Waals surface area (Å²) >= 11 is 0. The number of nitrogens with zero attached hydrogens (tertiary/aromatic N) is 3. The van der Waals surface area contributed by atoms with Crippen molar-refractivity contribution in [3.05, 3.63) is 53.7 Å². The van der Waals surface area contributed by atoms with Crippen LogP contribution in [0.15, 0.2) is 51.8 Å². The summed E-state index contributed by atoms with van der Waals surface area (Å²) in [5, 5.41) is 12.6. The van der Waals surface area contributed by atoms with Crippen molar-refractivity contribution in [1.82, 2.24) is 9.29 Å². The molecule has 2 aromatic carbocycles. The summed E-state index contributed by atoms with van der Waals surface area (Å²) < 4.78 is 44.0. The van der Waals surface area contributed by atoms with Gasteiger partial charge in [-0.1, -0.05) is 13.0 Å². The van der Waals surface area contributed by atoms with Crippen LogP contribution in [0, 0.1) is 17.2 Å². The standard InChI is InChI=1S/C24H24N4O5S/c1-16-3-2-10-28(14-16)34(29,30)19-7-5-18(6-8-19)23-27-20(12-25)24(33-23)26-13-17-4-9-21-22(11-17)32-15-31-21/h4-9,11,16,26H,2-3,10,13-15H2,1H3. The summed E-state index contributed by atoms with van der Waals surface area (Å²) in [6.07, 6.45) is 1.91. The van der Waals surface area contributed by atoms with E-state index in [4.69, 9.17) is 13.9 Å². The minimum Gasteiger partial charge on any atom is -0.454 e. The molecule has 9 nitrogen and oxygen atoms in total. The van der Waals surface area contributed by atoms with Crippen molar-refractivity contribution < 1.29 is 22.3 Å². The van der Waals surface area contributed by atoms with E-state index in [0.29, 0.717) is 42.6 Å². The quantitative estimate of drug-likeness (QED) is 0.563. The number of oxazole rings is 1. The van der Waals surface area contributed by atoms with E-state index in [2.05, 4.69) is 17.2 Å². The molecular weight excluding hydrogens is 456 g/mol. The first kappa shape index (κ1) is 22.3. The van der Waals surface area contributed by atoms with Crippen molar-refractivity contribution in [2.24, 2.45) is 5.92 Å². The second-order valence-corrected chi connectivity index (χ2v) is 10.4. The maximum Gasteiger partial charge on any atom is 0.243 e. The Kier molecular flexibility index (Phi) is 5.89. The fourth-order valence-corrected chi connectivity index (χ4v) is 5.75. The largest absolute Gasteiger partial charge is 0.454 e. The molecule has 34 heavy (non-hydrogen) atoms. The van der Waals surface area contributed by atoms with E-state index in [0.717, 1.165) is 18.4 Å². The van der Waals surface area contributed by atoms with Crippen LogP contribution in [0.2, 0.25) is 0 Å². The van der Waals surface area contributed by atoms with Crippen molar-refractivity contribution in [1.29, 1.82) is 5.26 Å². The van der Waals surface area contributed by atoms with Gasteiger partial charge in [0, 0.05) is 25.2 Å². The zero-order chi connectivity index (χ0) is 23.7. The van der Waals surface area contributed by atoms with E-state index >= 15 is 0 Å². The zero-order valence-electron chi connectivity index (χ0n) is 18.7. The minimum absolute atomic E-state index is 0.120. The summed E-state index contributed by atoms with van der Waals surface area (Å²) in [6, 6.07) is 14.0. The number of nitriles is 1. The first-order chi connectivity index (χ1) is 16.4. The van der Waals surface area contributed by atoms with Crippen LogP contribution in [0.5, 0.6) is 11.5 Å². The van der Waals surface area contributed by atoms with Crippen LogP contribution in [0.3, 0.4) is 0 Å². The first-order valence-electron chi connectivity index (χ1n) is 11.1. The van der Waals surface area contributed by atoms with Crippen molar-refractivity contribution in [3.8, 4) is 29.0 Å². The summed E-state index contributed by atoms with van der Waals surface area (Å²) in [7, 11) is -3.55. The predicted molar refractivity (Wildman–Crippen MR) is 124 cm³/mol. The van der Waals surface area contributed by atoms with Crippen LogP contribution in [0.4, 0.5) is 5.88 Å². The second kappa shape index (κ2) is 9.00. The normalized spacial score (nSPS) is 17.9. The summed E-state index contributed by atoms with van der Waals surface area (Å²) in [4.78, 5) is 4.50. The average molecular weight is 481 g/mol. The molecule has 1 saturated heterocycles. The van der Waals surface area contributed by atoms with Gasteiger partial charge >= 0.3 is 0 Å². The van der Waals surface area contributed by atoms with Gasteiger partial charge in [-0.2, -0.15) is 14.6 Å². The molecule has 0 bridgehead atoms. The van der Waals surface area contributed by atoms with Crippen molar-refractivity contribution in [2.45, 2.75) is 31.2 Å². The highest BCUT2D eigenvalue weighted by Gasteiger charge is 2.28. The third kappa shape index (κ3) is 4.32. The maximum atomic E-state index is 13.0. The Morgan fingerprint density at radius 3 is 2.74 bits per heavy atom. The lowest BCUT2D eigenvalue weighted by atomic mass is 10.0. The maximum absolute atomic E-state index is 13.0. The van der Waals surface area contributed by atoms with Gasteiger partial charge in [-0.05, 0) is 60.7 Å². The minimum atomic E-state index is -3.55. The van der Waals surface area contributed by atoms with E-state index in [-0.39, 0.29) is 29.2 Å². The van der Waals surface area contributed by atoms with Crippen LogP contribution >= 0.6 is 0 Å². The van der Waals surface area contributed by atoms with E-state index in [1.165, 1.54) is 0 Å². The van der Waals surface area contributed by atoms with Crippen molar-refractivity contribution in [2.75, 3.05) is 25.2 Å². The molecule has 0 spiro atoms. The highest BCUT2D eigenvalue weighted by molar-refractivity contribution is 7.89. The number of rotatable bonds is 6. The molecule has 1 atom stereocenters. The molecule has 1 unspecified atom stereocenters. The van der Waals surface area contributed by atoms with Gasteiger partial charge < -0.3 is 19.2 Å². The third-order valence-corrected chi connectivity index (χ3v) is 7.86. The third-order valence-electron chi connectivity index (χ3n) is 5.98. The summed E-state index contributed by atoms with van der Waals surface area (Å²) in [5.74, 6) is 2.20. The molecule has 3 aromatic rings. The lowest BCUT2D eigenvalue weighted by Crippen LogP contribution is -2.39. The van der Waals surface area contributed by atoms with E-state index < -0.39 is 10.0 Å². The Hall–Kier alpha value is -3.55. The van der Waals surface area contributed by atoms with Crippen LogP contribution in [0.25, 0.3) is 11.5 Å². The Bertz CT molecular complexity index is 1340. The summed E-state index contributed by atoms with van der Waals surface area (Å²) in [5.41, 5.74) is 1.63. The molecule has 2 aliphatic heterocycles. The van der Waals surface area contributed by atoms with Gasteiger partial charge in [0.1, 0.15) is 6.07 Å². The SMILES string of the molecule is CC1CCCN(S(=O)(=O)c2ccc(-c3nc(C#N)c(NCc4ccc5c(c4)OCO5)o3)cc2)C1. The fourth-order valence-electron chi connectivity index (χ4n) is 4.16. The second-order valence-electron chi connectivity index (χ2n) is 8.48. The first-order valence-corrected chi connectivity index (χ1v) is 12.5. The molecule has 0 saturated carbocycles. The number of nitrogens with one attached hydrogen (secondary N) is 1. The van der Waals surface area contributed by atoms with Gasteiger partial charge in [-0.15, -0.1) is 0 Å². The fraction of sp³-hybridized carbons (Fsp3) is 0.333. The van der Waals surface area contributed by atoms with Gasteiger partial charge in [0.25, 0.3) is 0 Å². The molecule has 1 fully saturated rings. The number of fused-ring (bicyclic) bond motifs is 1. The Balaban J connectivity index is 1.32. The van der Waals surface area contributed by atoms with Crippen LogP contribution in [-0.4, -0.2) is 37.6 Å². The van der Waals surface area contributed by atoms with Crippen LogP contribution in [-0.2, 0) is 16.6 Å². The molecule has 1 N–H and O–H groups in total. The zero-order valence-corrected chi connectivity index (χ0v) is 19.5. The van der Waals surface area contributed by atoms with Gasteiger partial charge in [-0.3, -0.25) is 0 Å². The molecule has 10 heteroatoms. The van der Waals surface area contributed by atoms with Gasteiger partial charge in [0.05, 0.1) is 4.90 Å². The molecule has 3 heterocycles. The molecule has 0 radical (unpaired) electrons. The molecule has 0 aliphatic carbocycles. The topological polar surface area (TPSA) is 118 Å². The Morgan fingerprint density at radius 2 is 1.97 bits per heavy atom. The lowest BCUT2D eigenvalue weighted by molar-refractivity contribution is 0.174. The monoisotopic (exact) mass is 480 g/mol. The van der Waals surface area contributed by atoms with E-state index in [1.807, 2.05) is 24.3 Å². The number of ether oxygens (including phenoxy) is 2. The number of hydrogen-bond donors (Lipinski definition) is 1. The number of piperidine rings is 1. The number of sulfonamides is 1. The molecule has 5 rings (SSSR count). The molecule has 2 aliphatic rings. The van der Waals surface area contributed by atoms with Crippen LogP contribution in [0.1, 0.15) is 31.0 Å². The van der Waals surface area contributed by atoms with E-state index in [1.54, 1.807) is 28.6 Å². The molecule has 0 amide bonds. The lowest BCUT2D eigenvalue weighted by Gasteiger charge is -2.30. The molecular formula is C24H24N4O5S. The highest BCUT2D eigenvalue weighted by atomic mass is 32.2. The van der Waals surface area contributed by atoms with Gasteiger partial charge in [0.15, 0.2) is 11.5 Å². The van der Waals surface area contributed by atoms with Crippen LogP contribution < -0.4 is 14.8 Å². The molecule has 1 aromatic heterocycles. The molecule has 176 valence electrons. The Labute approximate surface area is 198 Å². The number of anilines is 1. The number of aromatic nitrogens is 1. The van der Waals surface area contributed by atoms with Gasteiger partial charge in [0.2, 0.25) is 34.3 Å². The van der Waals surface area contributed by atoms with Gasteiger partial charge in [-0.25, -0.2) is 8.42 Å². The highest BCUT2D eigenvalue weighted by Crippen LogP contribution is 2.33. The van der Waals surface area contributed by atoms with Crippen molar-refractivity contribution in [3.63, 3.8) is 0 Å². The van der Waals surface area contributed by atoms with Crippen molar-refractivity contribution >= 4 is 15.9 Å². The number of benzene rings is 2.